The topological polar surface area (TPSA) is 0 Å². The van der Waals surface area contributed by atoms with Gasteiger partial charge in [0.2, 0.25) is 0 Å². The average molecular weight is 244 g/mol. The Balaban J connectivity index is 2.13. The standard InChI is InChI=1S/C19H16/c1-12-6-8-17-15(10-12)11-14-7-9-16-13(2)4-3-5-18(16)19(14)17/h3-10H,11H2,1-2H3. The summed E-state index contributed by atoms with van der Waals surface area (Å²) in [5.41, 5.74) is 8.55. The number of rotatable bonds is 0. The first-order valence-electron chi connectivity index (χ1n) is 6.85. The Bertz CT molecular complexity index is 810. The van der Waals surface area contributed by atoms with Gasteiger partial charge in [0.15, 0.2) is 0 Å². The van der Waals surface area contributed by atoms with E-state index >= 15 is 0 Å². The van der Waals surface area contributed by atoms with E-state index in [0.29, 0.717) is 0 Å². The van der Waals surface area contributed by atoms with E-state index in [2.05, 4.69) is 62.4 Å². The number of aryl methyl sites for hydroxylation is 2. The molecule has 0 nitrogen and oxygen atoms in total. The van der Waals surface area contributed by atoms with Gasteiger partial charge in [-0.15, -0.1) is 0 Å². The highest BCUT2D eigenvalue weighted by molar-refractivity contribution is 6.02. The second kappa shape index (κ2) is 3.71. The van der Waals surface area contributed by atoms with Crippen molar-refractivity contribution in [3.63, 3.8) is 0 Å². The highest BCUT2D eigenvalue weighted by Gasteiger charge is 2.20. The maximum atomic E-state index is 2.33. The van der Waals surface area contributed by atoms with E-state index in [9.17, 15) is 0 Å². The Kier molecular flexibility index (Phi) is 2.11. The molecule has 0 fully saturated rings. The third-order valence-electron chi connectivity index (χ3n) is 4.28. The number of hydrogen-bond donors (Lipinski definition) is 0. The Morgan fingerprint density at radius 3 is 2.58 bits per heavy atom. The van der Waals surface area contributed by atoms with Gasteiger partial charge in [0, 0.05) is 0 Å². The molecule has 1 aliphatic rings. The number of fused-ring (bicyclic) bond motifs is 5. The van der Waals surface area contributed by atoms with Crippen molar-refractivity contribution in [1.29, 1.82) is 0 Å². The lowest BCUT2D eigenvalue weighted by Gasteiger charge is -2.09. The van der Waals surface area contributed by atoms with Crippen molar-refractivity contribution in [3.05, 3.63) is 70.8 Å². The van der Waals surface area contributed by atoms with E-state index in [0.717, 1.165) is 6.42 Å². The van der Waals surface area contributed by atoms with Crippen LogP contribution in [0.15, 0.2) is 48.5 Å². The molecule has 3 aromatic carbocycles. The van der Waals surface area contributed by atoms with Gasteiger partial charge in [-0.2, -0.15) is 0 Å². The summed E-state index contributed by atoms with van der Waals surface area (Å²) >= 11 is 0. The van der Waals surface area contributed by atoms with Crippen molar-refractivity contribution in [2.75, 3.05) is 0 Å². The van der Waals surface area contributed by atoms with Gasteiger partial charge in [0.1, 0.15) is 0 Å². The van der Waals surface area contributed by atoms with E-state index in [1.807, 2.05) is 0 Å². The molecule has 0 heteroatoms. The Hall–Kier alpha value is -2.08. The van der Waals surface area contributed by atoms with Crippen LogP contribution >= 0.6 is 0 Å². The van der Waals surface area contributed by atoms with Crippen molar-refractivity contribution in [1.82, 2.24) is 0 Å². The lowest BCUT2D eigenvalue weighted by molar-refractivity contribution is 1.25. The van der Waals surface area contributed by atoms with Gasteiger partial charge in [-0.3, -0.25) is 0 Å². The molecule has 0 N–H and O–H groups in total. The lowest BCUT2D eigenvalue weighted by atomic mass is 9.95. The van der Waals surface area contributed by atoms with Gasteiger partial charge in [0.25, 0.3) is 0 Å². The maximum absolute atomic E-state index is 2.33. The molecular weight excluding hydrogens is 228 g/mol. The van der Waals surface area contributed by atoms with Gasteiger partial charge in [-0.25, -0.2) is 0 Å². The monoisotopic (exact) mass is 244 g/mol. The number of benzene rings is 3. The van der Waals surface area contributed by atoms with E-state index in [-0.39, 0.29) is 0 Å². The second-order valence-electron chi connectivity index (χ2n) is 5.61. The molecule has 0 heterocycles. The molecule has 0 saturated heterocycles. The van der Waals surface area contributed by atoms with Crippen molar-refractivity contribution >= 4 is 10.8 Å². The first-order chi connectivity index (χ1) is 9.24. The fraction of sp³-hybridized carbons (Fsp3) is 0.158. The third-order valence-corrected chi connectivity index (χ3v) is 4.28. The first-order valence-corrected chi connectivity index (χ1v) is 6.85. The van der Waals surface area contributed by atoms with Crippen LogP contribution in [0.3, 0.4) is 0 Å². The zero-order valence-corrected chi connectivity index (χ0v) is 11.3. The molecule has 0 saturated carbocycles. The van der Waals surface area contributed by atoms with Crippen LogP contribution < -0.4 is 0 Å². The van der Waals surface area contributed by atoms with Crippen LogP contribution in [-0.2, 0) is 6.42 Å². The zero-order chi connectivity index (χ0) is 13.0. The Morgan fingerprint density at radius 1 is 0.789 bits per heavy atom. The minimum absolute atomic E-state index is 1.08. The molecular formula is C19H16. The van der Waals surface area contributed by atoms with E-state index in [4.69, 9.17) is 0 Å². The summed E-state index contributed by atoms with van der Waals surface area (Å²) in [6.07, 6.45) is 1.08. The SMILES string of the molecule is Cc1ccc2c(c1)Cc1ccc3c(C)cccc3c1-2. The summed E-state index contributed by atoms with van der Waals surface area (Å²) < 4.78 is 0. The Morgan fingerprint density at radius 2 is 1.68 bits per heavy atom. The van der Waals surface area contributed by atoms with Gasteiger partial charge < -0.3 is 0 Å². The molecule has 1 aliphatic carbocycles. The van der Waals surface area contributed by atoms with Crippen molar-refractivity contribution in [2.24, 2.45) is 0 Å². The predicted octanol–water partition coefficient (Wildman–Crippen LogP) is 5.03. The van der Waals surface area contributed by atoms with Crippen LogP contribution in [-0.4, -0.2) is 0 Å². The van der Waals surface area contributed by atoms with Crippen LogP contribution in [0.1, 0.15) is 22.3 Å². The molecule has 0 atom stereocenters. The van der Waals surface area contributed by atoms with Crippen LogP contribution in [0.5, 0.6) is 0 Å². The molecule has 0 aliphatic heterocycles. The molecule has 0 spiro atoms. The molecule has 0 radical (unpaired) electrons. The molecule has 0 amide bonds. The van der Waals surface area contributed by atoms with Gasteiger partial charge in [0.05, 0.1) is 0 Å². The fourth-order valence-electron chi connectivity index (χ4n) is 3.34. The van der Waals surface area contributed by atoms with Crippen LogP contribution in [0.25, 0.3) is 21.9 Å². The molecule has 0 aromatic heterocycles. The summed E-state index contributed by atoms with van der Waals surface area (Å²) in [7, 11) is 0. The van der Waals surface area contributed by atoms with Crippen LogP contribution in [0, 0.1) is 13.8 Å². The average Bonchev–Trinajstić information content (AvgIpc) is 2.76. The normalized spacial score (nSPS) is 12.5. The minimum Gasteiger partial charge on any atom is -0.0613 e. The van der Waals surface area contributed by atoms with Crippen LogP contribution in [0.2, 0.25) is 0 Å². The molecule has 19 heavy (non-hydrogen) atoms. The quantitative estimate of drug-likeness (QED) is 0.407. The molecule has 0 unspecified atom stereocenters. The summed E-state index contributed by atoms with van der Waals surface area (Å²) in [6, 6.07) is 18.1. The van der Waals surface area contributed by atoms with Crippen LogP contribution in [0.4, 0.5) is 0 Å². The minimum atomic E-state index is 1.08. The third kappa shape index (κ3) is 1.46. The summed E-state index contributed by atoms with van der Waals surface area (Å²) in [4.78, 5) is 0. The zero-order valence-electron chi connectivity index (χ0n) is 11.3. The van der Waals surface area contributed by atoms with E-state index in [1.54, 1.807) is 0 Å². The summed E-state index contributed by atoms with van der Waals surface area (Å²) in [5, 5.41) is 2.79. The second-order valence-corrected chi connectivity index (χ2v) is 5.61. The summed E-state index contributed by atoms with van der Waals surface area (Å²) in [6.45, 7) is 4.37. The Labute approximate surface area is 113 Å². The van der Waals surface area contributed by atoms with Crippen molar-refractivity contribution < 1.29 is 0 Å². The maximum Gasteiger partial charge on any atom is -0.00131 e. The highest BCUT2D eigenvalue weighted by Crippen LogP contribution is 2.42. The molecule has 0 bridgehead atoms. The van der Waals surface area contributed by atoms with Gasteiger partial charge in [-0.1, -0.05) is 54.1 Å². The summed E-state index contributed by atoms with van der Waals surface area (Å²) in [5.74, 6) is 0. The molecule has 92 valence electrons. The van der Waals surface area contributed by atoms with E-state index in [1.165, 1.54) is 44.2 Å². The smallest absolute Gasteiger partial charge is 0.00131 e. The fourth-order valence-corrected chi connectivity index (χ4v) is 3.34. The molecule has 3 aromatic rings. The molecule has 4 rings (SSSR count). The van der Waals surface area contributed by atoms with Gasteiger partial charge in [-0.05, 0) is 58.9 Å². The van der Waals surface area contributed by atoms with Gasteiger partial charge >= 0.3 is 0 Å². The first kappa shape index (κ1) is 10.8. The lowest BCUT2D eigenvalue weighted by Crippen LogP contribution is -1.84. The largest absolute Gasteiger partial charge is 0.0613 e. The van der Waals surface area contributed by atoms with Crippen molar-refractivity contribution in [3.8, 4) is 11.1 Å². The number of hydrogen-bond acceptors (Lipinski definition) is 0. The van der Waals surface area contributed by atoms with E-state index < -0.39 is 0 Å². The highest BCUT2D eigenvalue weighted by atomic mass is 14.2. The van der Waals surface area contributed by atoms with Crippen molar-refractivity contribution in [2.45, 2.75) is 20.3 Å². The predicted molar refractivity (Wildman–Crippen MR) is 81.7 cm³/mol.